The number of anilines is 1. The van der Waals surface area contributed by atoms with Crippen LogP contribution in [0.3, 0.4) is 0 Å². The van der Waals surface area contributed by atoms with Crippen LogP contribution in [-0.4, -0.2) is 39.3 Å². The Balaban J connectivity index is 0.000000402. The Morgan fingerprint density at radius 2 is 1.74 bits per heavy atom. The number of alkyl halides is 2. The van der Waals surface area contributed by atoms with E-state index >= 15 is 0 Å². The number of pyridine rings is 1. The summed E-state index contributed by atoms with van der Waals surface area (Å²) >= 11 is 23.0. The second-order valence-electron chi connectivity index (χ2n) is 7.90. The van der Waals surface area contributed by atoms with E-state index in [0.717, 1.165) is 15.6 Å². The van der Waals surface area contributed by atoms with Crippen LogP contribution in [0.5, 0.6) is 0 Å². The molecule has 0 radical (unpaired) electrons. The van der Waals surface area contributed by atoms with E-state index in [1.807, 2.05) is 39.0 Å². The van der Waals surface area contributed by atoms with Gasteiger partial charge in [-0.1, -0.05) is 71.5 Å². The van der Waals surface area contributed by atoms with E-state index in [4.69, 9.17) is 56.7 Å². The van der Waals surface area contributed by atoms with Crippen molar-refractivity contribution in [1.29, 1.82) is 0 Å². The van der Waals surface area contributed by atoms with Crippen molar-refractivity contribution in [1.82, 2.24) is 10.1 Å². The number of nitrogens with zero attached hydrogens (tertiary/aromatic N) is 3. The molecule has 0 fully saturated rings. The summed E-state index contributed by atoms with van der Waals surface area (Å²) in [6, 6.07) is 9.80. The molecule has 0 aliphatic carbocycles. The number of hydrogen-bond acceptors (Lipinski definition) is 6. The molecule has 0 bridgehead atoms. The molecule has 0 aliphatic heterocycles. The molecule has 1 aromatic carbocycles. The van der Waals surface area contributed by atoms with Crippen molar-refractivity contribution in [2.45, 2.75) is 38.1 Å². The van der Waals surface area contributed by atoms with E-state index in [1.165, 1.54) is 17.3 Å². The Hall–Kier alpha value is -2.16. The first-order valence-electron chi connectivity index (χ1n) is 10.7. The van der Waals surface area contributed by atoms with Crippen LogP contribution in [0.2, 0.25) is 10.0 Å². The molecule has 0 saturated carbocycles. The molecule has 35 heavy (non-hydrogen) atoms. The molecule has 0 unspecified atom stereocenters. The lowest BCUT2D eigenvalue weighted by atomic mass is 9.99. The second-order valence-corrected chi connectivity index (χ2v) is 9.81. The first-order chi connectivity index (χ1) is 16.5. The summed E-state index contributed by atoms with van der Waals surface area (Å²) in [4.78, 5) is 28.9. The van der Waals surface area contributed by atoms with Crippen LogP contribution in [0.1, 0.15) is 25.8 Å². The zero-order valence-corrected chi connectivity index (χ0v) is 22.4. The molecule has 1 atom stereocenters. The van der Waals surface area contributed by atoms with Crippen molar-refractivity contribution in [2.75, 3.05) is 11.4 Å². The first kappa shape index (κ1) is 29.1. The fraction of sp³-hybridized carbons (Fsp3) is 0.333. The van der Waals surface area contributed by atoms with Gasteiger partial charge >= 0.3 is 0 Å². The second kappa shape index (κ2) is 13.8. The lowest BCUT2D eigenvalue weighted by Gasteiger charge is -2.24. The summed E-state index contributed by atoms with van der Waals surface area (Å²) in [5.74, 6) is -0.207. The van der Waals surface area contributed by atoms with E-state index in [0.29, 0.717) is 17.1 Å². The number of benzene rings is 1. The van der Waals surface area contributed by atoms with Crippen LogP contribution < -0.4 is 10.6 Å². The number of halogens is 4. The highest BCUT2D eigenvalue weighted by atomic mass is 35.5. The smallest absolute Gasteiger partial charge is 0.260 e. The summed E-state index contributed by atoms with van der Waals surface area (Å²) < 4.78 is 5.08. The van der Waals surface area contributed by atoms with Crippen molar-refractivity contribution in [2.24, 2.45) is 11.7 Å². The Bertz CT molecular complexity index is 1100. The van der Waals surface area contributed by atoms with Gasteiger partial charge in [-0.2, -0.15) is 0 Å². The topological polar surface area (TPSA) is 102 Å². The van der Waals surface area contributed by atoms with Crippen LogP contribution in [0.25, 0.3) is 11.5 Å². The third kappa shape index (κ3) is 8.47. The van der Waals surface area contributed by atoms with Crippen molar-refractivity contribution in [3.05, 3.63) is 64.4 Å². The average molecular weight is 560 g/mol. The van der Waals surface area contributed by atoms with Gasteiger partial charge in [0.05, 0.1) is 12.2 Å². The Morgan fingerprint density at radius 3 is 2.26 bits per heavy atom. The van der Waals surface area contributed by atoms with Gasteiger partial charge in [0.1, 0.15) is 5.69 Å². The predicted molar refractivity (Wildman–Crippen MR) is 141 cm³/mol. The van der Waals surface area contributed by atoms with E-state index in [-0.39, 0.29) is 24.7 Å². The minimum Gasteiger partial charge on any atom is -0.355 e. The number of nitrogens with two attached hydrogens (primary N) is 1. The maximum absolute atomic E-state index is 12.4. The SMILES string of the molecule is CC(C)[C@H](N)C(=O)CCN(C(=O)C(Cl)Cl)c1ccnc(-c2ccno2)c1.Cc1c(Cl)cccc1Cl. The van der Waals surface area contributed by atoms with Crippen molar-refractivity contribution >= 4 is 63.8 Å². The van der Waals surface area contributed by atoms with Gasteiger partial charge in [0.15, 0.2) is 16.4 Å². The number of rotatable bonds is 8. The Labute approximate surface area is 224 Å². The Kier molecular flexibility index (Phi) is 11.5. The molecule has 2 heterocycles. The number of ketones is 1. The number of amides is 1. The van der Waals surface area contributed by atoms with E-state index < -0.39 is 16.8 Å². The zero-order chi connectivity index (χ0) is 26.1. The lowest BCUT2D eigenvalue weighted by molar-refractivity contribution is -0.121. The molecule has 2 N–H and O–H groups in total. The summed E-state index contributed by atoms with van der Waals surface area (Å²) in [5, 5.41) is 5.08. The van der Waals surface area contributed by atoms with Crippen LogP contribution >= 0.6 is 46.4 Å². The standard InChI is InChI=1S/C17H20Cl2N4O3.C7H6Cl2/c1-10(2)15(20)13(24)5-8-23(17(25)16(18)19)11-3-6-21-12(9-11)14-4-7-22-26-14;1-5-6(8)3-2-4-7(5)9/h3-4,6-7,9-10,15-16H,5,8,20H2,1-2H3;2-4H,1H3/t15-;/m0./s1. The molecule has 3 aromatic rings. The number of Topliss-reactive ketones (excluding diaryl/α,β-unsaturated/α-hetero) is 1. The van der Waals surface area contributed by atoms with Crippen molar-refractivity contribution < 1.29 is 14.1 Å². The predicted octanol–water partition coefficient (Wildman–Crippen LogP) is 6.12. The fourth-order valence-corrected chi connectivity index (χ4v) is 3.53. The van der Waals surface area contributed by atoms with Gasteiger partial charge in [-0.25, -0.2) is 0 Å². The van der Waals surface area contributed by atoms with Crippen molar-refractivity contribution in [3.63, 3.8) is 0 Å². The highest BCUT2D eigenvalue weighted by Gasteiger charge is 2.25. The molecule has 0 saturated heterocycles. The van der Waals surface area contributed by atoms with Gasteiger partial charge in [-0.15, -0.1) is 0 Å². The highest BCUT2D eigenvalue weighted by molar-refractivity contribution is 6.54. The quantitative estimate of drug-likeness (QED) is 0.334. The van der Waals surface area contributed by atoms with Crippen LogP contribution in [0.4, 0.5) is 5.69 Å². The largest absolute Gasteiger partial charge is 0.355 e. The fourth-order valence-electron chi connectivity index (χ4n) is 2.90. The molecule has 1 amide bonds. The molecule has 7 nitrogen and oxygen atoms in total. The minimum absolute atomic E-state index is 0.0134. The van der Waals surface area contributed by atoms with E-state index in [2.05, 4.69) is 10.1 Å². The minimum atomic E-state index is -1.26. The summed E-state index contributed by atoms with van der Waals surface area (Å²) in [5.41, 5.74) is 7.80. The van der Waals surface area contributed by atoms with Gasteiger partial charge in [-0.05, 0) is 42.7 Å². The van der Waals surface area contributed by atoms with E-state index in [9.17, 15) is 9.59 Å². The number of carbonyl (C=O) groups is 2. The molecule has 11 heteroatoms. The first-order valence-corrected chi connectivity index (χ1v) is 12.3. The highest BCUT2D eigenvalue weighted by Crippen LogP contribution is 2.25. The number of aromatic nitrogens is 2. The molecule has 3 rings (SSSR count). The maximum atomic E-state index is 12.4. The van der Waals surface area contributed by atoms with Gasteiger partial charge in [0.25, 0.3) is 5.91 Å². The molecular formula is C24H26Cl4N4O3. The third-order valence-corrected chi connectivity index (χ3v) is 6.26. The lowest BCUT2D eigenvalue weighted by Crippen LogP contribution is -2.40. The van der Waals surface area contributed by atoms with Crippen LogP contribution in [0.15, 0.2) is 53.3 Å². The molecule has 0 aliphatic rings. The molecule has 0 spiro atoms. The Morgan fingerprint density at radius 1 is 1.09 bits per heavy atom. The van der Waals surface area contributed by atoms with Crippen LogP contribution in [-0.2, 0) is 9.59 Å². The average Bonchev–Trinajstić information content (AvgIpc) is 3.37. The van der Waals surface area contributed by atoms with Crippen LogP contribution in [0, 0.1) is 12.8 Å². The summed E-state index contributed by atoms with van der Waals surface area (Å²) in [6.07, 6.45) is 3.10. The van der Waals surface area contributed by atoms with Gasteiger partial charge < -0.3 is 15.2 Å². The van der Waals surface area contributed by atoms with Gasteiger partial charge in [0, 0.05) is 41.0 Å². The summed E-state index contributed by atoms with van der Waals surface area (Å²) in [6.45, 7) is 5.73. The van der Waals surface area contributed by atoms with Gasteiger partial charge in [-0.3, -0.25) is 14.6 Å². The normalized spacial score (nSPS) is 11.7. The van der Waals surface area contributed by atoms with Crippen molar-refractivity contribution in [3.8, 4) is 11.5 Å². The van der Waals surface area contributed by atoms with E-state index in [1.54, 1.807) is 18.2 Å². The zero-order valence-electron chi connectivity index (χ0n) is 19.4. The molecule has 2 aromatic heterocycles. The number of hydrogen-bond donors (Lipinski definition) is 1. The molecular weight excluding hydrogens is 534 g/mol. The monoisotopic (exact) mass is 558 g/mol. The van der Waals surface area contributed by atoms with Gasteiger partial charge in [0.2, 0.25) is 0 Å². The molecule has 188 valence electrons. The summed E-state index contributed by atoms with van der Waals surface area (Å²) in [7, 11) is 0. The number of carbonyl (C=O) groups excluding carboxylic acids is 2. The maximum Gasteiger partial charge on any atom is 0.260 e. The third-order valence-electron chi connectivity index (χ3n) is 5.07.